The van der Waals surface area contributed by atoms with E-state index < -0.39 is 0 Å². The van der Waals surface area contributed by atoms with Gasteiger partial charge in [-0.05, 0) is 36.8 Å². The zero-order chi connectivity index (χ0) is 15.7. The van der Waals surface area contributed by atoms with Crippen LogP contribution in [0.2, 0.25) is 0 Å². The number of imidazole rings is 1. The zero-order valence-electron chi connectivity index (χ0n) is 12.3. The minimum Gasteiger partial charge on any atom is -0.339 e. The number of nitriles is 2. The molecular weight excluding hydrogens is 274 g/mol. The summed E-state index contributed by atoms with van der Waals surface area (Å²) in [6.07, 6.45) is 1.76. The Kier molecular flexibility index (Phi) is 3.25. The number of fused-ring (bicyclic) bond motifs is 1. The van der Waals surface area contributed by atoms with E-state index in [1.165, 1.54) is 0 Å². The quantitative estimate of drug-likeness (QED) is 0.735. The van der Waals surface area contributed by atoms with E-state index in [9.17, 15) is 5.26 Å². The van der Waals surface area contributed by atoms with Crippen molar-refractivity contribution >= 4 is 22.7 Å². The SMILES string of the molecule is Cc1c(C=C(C#N)c2nc3ccccc3[nH]2)cc(C#N)n1C. The van der Waals surface area contributed by atoms with Gasteiger partial charge in [-0.2, -0.15) is 10.5 Å². The first-order valence-corrected chi connectivity index (χ1v) is 6.77. The highest BCUT2D eigenvalue weighted by atomic mass is 15.0. The summed E-state index contributed by atoms with van der Waals surface area (Å²) in [5.41, 5.74) is 4.48. The Morgan fingerprint density at radius 2 is 2.09 bits per heavy atom. The number of allylic oxidation sites excluding steroid dienone is 1. The molecule has 1 N–H and O–H groups in total. The van der Waals surface area contributed by atoms with Crippen LogP contribution in [0.3, 0.4) is 0 Å². The summed E-state index contributed by atoms with van der Waals surface area (Å²) in [6.45, 7) is 1.92. The molecule has 22 heavy (non-hydrogen) atoms. The van der Waals surface area contributed by atoms with Crippen molar-refractivity contribution in [3.05, 3.63) is 53.1 Å². The topological polar surface area (TPSA) is 81.2 Å². The van der Waals surface area contributed by atoms with E-state index in [0.29, 0.717) is 17.1 Å². The van der Waals surface area contributed by atoms with Gasteiger partial charge < -0.3 is 9.55 Å². The number of hydrogen-bond donors (Lipinski definition) is 1. The van der Waals surface area contributed by atoms with Crippen LogP contribution in [0.5, 0.6) is 0 Å². The first kappa shape index (κ1) is 13.7. The van der Waals surface area contributed by atoms with Gasteiger partial charge in [0.05, 0.1) is 16.6 Å². The van der Waals surface area contributed by atoms with Crippen LogP contribution in [0.25, 0.3) is 22.7 Å². The van der Waals surface area contributed by atoms with Crippen molar-refractivity contribution in [1.82, 2.24) is 14.5 Å². The van der Waals surface area contributed by atoms with Crippen molar-refractivity contribution < 1.29 is 0 Å². The van der Waals surface area contributed by atoms with Crippen LogP contribution >= 0.6 is 0 Å². The number of hydrogen-bond acceptors (Lipinski definition) is 3. The lowest BCUT2D eigenvalue weighted by Gasteiger charge is -1.98. The fraction of sp³-hybridized carbons (Fsp3) is 0.118. The Labute approximate surface area is 127 Å². The maximum absolute atomic E-state index is 9.44. The molecule has 0 atom stereocenters. The Bertz CT molecular complexity index is 940. The first-order valence-electron chi connectivity index (χ1n) is 6.77. The highest BCUT2D eigenvalue weighted by Crippen LogP contribution is 2.22. The number of nitrogens with zero attached hydrogens (tertiary/aromatic N) is 4. The molecule has 2 aromatic heterocycles. The summed E-state index contributed by atoms with van der Waals surface area (Å²) in [6, 6.07) is 13.7. The van der Waals surface area contributed by atoms with Crippen molar-refractivity contribution in [3.8, 4) is 12.1 Å². The summed E-state index contributed by atoms with van der Waals surface area (Å²) in [4.78, 5) is 7.59. The van der Waals surface area contributed by atoms with Crippen LogP contribution in [-0.2, 0) is 7.05 Å². The molecule has 0 aliphatic heterocycles. The van der Waals surface area contributed by atoms with Gasteiger partial charge in [-0.15, -0.1) is 0 Å². The number of rotatable bonds is 2. The van der Waals surface area contributed by atoms with Gasteiger partial charge in [0.1, 0.15) is 23.7 Å². The van der Waals surface area contributed by atoms with E-state index in [0.717, 1.165) is 22.3 Å². The molecule has 0 aliphatic carbocycles. The third-order valence-electron chi connectivity index (χ3n) is 3.75. The minimum atomic E-state index is 0.439. The number of para-hydroxylation sites is 2. The Morgan fingerprint density at radius 1 is 1.32 bits per heavy atom. The maximum Gasteiger partial charge on any atom is 0.149 e. The zero-order valence-corrected chi connectivity index (χ0v) is 12.3. The van der Waals surface area contributed by atoms with Crippen molar-refractivity contribution in [2.45, 2.75) is 6.92 Å². The Balaban J connectivity index is 2.12. The molecule has 0 spiro atoms. The van der Waals surface area contributed by atoms with Crippen LogP contribution in [0.1, 0.15) is 22.8 Å². The lowest BCUT2D eigenvalue weighted by Crippen LogP contribution is -1.94. The van der Waals surface area contributed by atoms with Crippen LogP contribution in [-0.4, -0.2) is 14.5 Å². The number of nitrogens with one attached hydrogen (secondary N) is 1. The van der Waals surface area contributed by atoms with Crippen molar-refractivity contribution in [2.75, 3.05) is 0 Å². The second kappa shape index (κ2) is 5.23. The molecular formula is C17H13N5. The predicted octanol–water partition coefficient (Wildman–Crippen LogP) is 3.15. The van der Waals surface area contributed by atoms with Gasteiger partial charge >= 0.3 is 0 Å². The second-order valence-electron chi connectivity index (χ2n) is 5.01. The van der Waals surface area contributed by atoms with E-state index in [-0.39, 0.29) is 0 Å². The number of H-pyrrole nitrogens is 1. The monoisotopic (exact) mass is 287 g/mol. The number of benzene rings is 1. The molecule has 0 bridgehead atoms. The van der Waals surface area contributed by atoms with Crippen LogP contribution < -0.4 is 0 Å². The van der Waals surface area contributed by atoms with Gasteiger partial charge in [-0.25, -0.2) is 4.98 Å². The van der Waals surface area contributed by atoms with Gasteiger partial charge in [0.15, 0.2) is 0 Å². The number of aromatic nitrogens is 3. The molecule has 0 radical (unpaired) electrons. The van der Waals surface area contributed by atoms with Crippen molar-refractivity contribution in [3.63, 3.8) is 0 Å². The highest BCUT2D eigenvalue weighted by molar-refractivity contribution is 5.90. The molecule has 3 rings (SSSR count). The molecule has 5 heteroatoms. The summed E-state index contributed by atoms with van der Waals surface area (Å²) in [5.74, 6) is 0.533. The third kappa shape index (κ3) is 2.15. The normalized spacial score (nSPS) is 11.4. The second-order valence-corrected chi connectivity index (χ2v) is 5.01. The summed E-state index contributed by atoms with van der Waals surface area (Å²) >= 11 is 0. The molecule has 2 heterocycles. The minimum absolute atomic E-state index is 0.439. The smallest absolute Gasteiger partial charge is 0.149 e. The third-order valence-corrected chi connectivity index (χ3v) is 3.75. The lowest BCUT2D eigenvalue weighted by molar-refractivity contribution is 0.865. The lowest BCUT2D eigenvalue weighted by atomic mass is 10.1. The average Bonchev–Trinajstić information content (AvgIpc) is 3.08. The number of aromatic amines is 1. The van der Waals surface area contributed by atoms with E-state index >= 15 is 0 Å². The molecule has 0 unspecified atom stereocenters. The van der Waals surface area contributed by atoms with Gasteiger partial charge in [0.25, 0.3) is 0 Å². The highest BCUT2D eigenvalue weighted by Gasteiger charge is 2.11. The van der Waals surface area contributed by atoms with E-state index in [1.54, 1.807) is 16.7 Å². The fourth-order valence-corrected chi connectivity index (χ4v) is 2.37. The largest absolute Gasteiger partial charge is 0.339 e. The van der Waals surface area contributed by atoms with Gasteiger partial charge in [-0.1, -0.05) is 12.1 Å². The summed E-state index contributed by atoms with van der Waals surface area (Å²) in [5, 5.41) is 18.5. The van der Waals surface area contributed by atoms with E-state index in [4.69, 9.17) is 5.26 Å². The molecule has 5 nitrogen and oxygen atoms in total. The van der Waals surface area contributed by atoms with Crippen LogP contribution in [0.4, 0.5) is 0 Å². The molecule has 0 saturated carbocycles. The van der Waals surface area contributed by atoms with Gasteiger partial charge in [0, 0.05) is 12.7 Å². The molecule has 1 aromatic carbocycles. The molecule has 106 valence electrons. The van der Waals surface area contributed by atoms with Crippen LogP contribution in [0.15, 0.2) is 30.3 Å². The van der Waals surface area contributed by atoms with E-state index in [1.807, 2.05) is 38.2 Å². The molecule has 0 saturated heterocycles. The molecule has 3 aromatic rings. The first-order chi connectivity index (χ1) is 10.6. The summed E-state index contributed by atoms with van der Waals surface area (Å²) in [7, 11) is 1.83. The average molecular weight is 287 g/mol. The Hall–Kier alpha value is -3.31. The Morgan fingerprint density at radius 3 is 2.73 bits per heavy atom. The molecule has 0 fully saturated rings. The molecule has 0 amide bonds. The van der Waals surface area contributed by atoms with Crippen LogP contribution in [0, 0.1) is 29.6 Å². The summed E-state index contributed by atoms with van der Waals surface area (Å²) < 4.78 is 1.81. The maximum atomic E-state index is 9.44. The van der Waals surface area contributed by atoms with Gasteiger partial charge in [0.2, 0.25) is 0 Å². The standard InChI is InChI=1S/C17H13N5/c1-11-12(8-14(10-19)22(11)2)7-13(9-18)17-20-15-5-3-4-6-16(15)21-17/h3-8H,1-2H3,(H,20,21). The predicted molar refractivity (Wildman–Crippen MR) is 84.4 cm³/mol. The molecule has 0 aliphatic rings. The van der Waals surface area contributed by atoms with Gasteiger partial charge in [-0.3, -0.25) is 0 Å². The van der Waals surface area contributed by atoms with E-state index in [2.05, 4.69) is 22.1 Å². The fourth-order valence-electron chi connectivity index (χ4n) is 2.37. The van der Waals surface area contributed by atoms with Crippen molar-refractivity contribution in [1.29, 1.82) is 10.5 Å². The van der Waals surface area contributed by atoms with Crippen molar-refractivity contribution in [2.24, 2.45) is 7.05 Å².